The first-order valence-corrected chi connectivity index (χ1v) is 7.12. The lowest BCUT2D eigenvalue weighted by Crippen LogP contribution is -2.10. The molecule has 2 N–H and O–H groups in total. The Hall–Kier alpha value is -1.62. The van der Waals surface area contributed by atoms with E-state index in [-0.39, 0.29) is 0 Å². The summed E-state index contributed by atoms with van der Waals surface area (Å²) in [4.78, 5) is 4.87. The van der Waals surface area contributed by atoms with Gasteiger partial charge in [0, 0.05) is 30.4 Å². The highest BCUT2D eigenvalue weighted by Gasteiger charge is 2.09. The van der Waals surface area contributed by atoms with Crippen LogP contribution in [0.1, 0.15) is 11.4 Å². The van der Waals surface area contributed by atoms with E-state index in [0.717, 1.165) is 16.3 Å². The van der Waals surface area contributed by atoms with E-state index in [1.54, 1.807) is 6.20 Å². The third-order valence-corrected chi connectivity index (χ3v) is 4.25. The Morgan fingerprint density at radius 3 is 2.83 bits per heavy atom. The average molecular weight is 263 g/mol. The van der Waals surface area contributed by atoms with Crippen LogP contribution in [0.5, 0.6) is 0 Å². The largest absolute Gasteiger partial charge is 0.398 e. The van der Waals surface area contributed by atoms with Gasteiger partial charge in [0.15, 0.2) is 0 Å². The molecule has 2 aromatic rings. The number of nitrogens with two attached hydrogens (primary N) is 1. The van der Waals surface area contributed by atoms with Gasteiger partial charge in [-0.25, -0.2) is 4.98 Å². The summed E-state index contributed by atoms with van der Waals surface area (Å²) in [6, 6.07) is 5.63. The van der Waals surface area contributed by atoms with Crippen LogP contribution in [0.15, 0.2) is 35.5 Å². The zero-order valence-electron chi connectivity index (χ0n) is 10.6. The van der Waals surface area contributed by atoms with Crippen molar-refractivity contribution in [2.45, 2.75) is 25.3 Å². The summed E-state index contributed by atoms with van der Waals surface area (Å²) in [5.41, 5.74) is 7.53. The van der Waals surface area contributed by atoms with Crippen LogP contribution in [-0.2, 0) is 17.3 Å². The Bertz CT molecular complexity index is 577. The molecule has 0 fully saturated rings. The van der Waals surface area contributed by atoms with Gasteiger partial charge in [-0.1, -0.05) is 6.07 Å². The predicted molar refractivity (Wildman–Crippen MR) is 73.8 cm³/mol. The molecule has 0 radical (unpaired) electrons. The Kier molecular flexibility index (Phi) is 3.81. The fraction of sp³-hybridized carbons (Fsp3) is 0.308. The van der Waals surface area contributed by atoms with Crippen LogP contribution in [0, 0.1) is 13.8 Å². The Labute approximate surface area is 109 Å². The number of aryl methyl sites for hydroxylation is 3. The zero-order chi connectivity index (χ0) is 13.1. The third kappa shape index (κ3) is 2.79. The van der Waals surface area contributed by atoms with Gasteiger partial charge < -0.3 is 10.3 Å². The number of anilines is 1. The van der Waals surface area contributed by atoms with Gasteiger partial charge in [0.2, 0.25) is 0 Å². The predicted octanol–water partition coefficient (Wildman–Crippen LogP) is 1.89. The number of hydrogen-bond donors (Lipinski definition) is 1. The number of aromatic nitrogens is 2. The molecule has 0 amide bonds. The molecule has 2 rings (SSSR count). The molecule has 4 nitrogen and oxygen atoms in total. The summed E-state index contributed by atoms with van der Waals surface area (Å²) in [7, 11) is -1.07. The lowest BCUT2D eigenvalue weighted by molar-refractivity contribution is 0.670. The normalized spacial score (nSPS) is 12.6. The molecule has 0 aliphatic rings. The number of imidazole rings is 1. The molecule has 1 atom stereocenters. The van der Waals surface area contributed by atoms with E-state index in [0.29, 0.717) is 18.0 Å². The first-order valence-electron chi connectivity index (χ1n) is 5.80. The highest BCUT2D eigenvalue weighted by Crippen LogP contribution is 2.18. The summed E-state index contributed by atoms with van der Waals surface area (Å²) in [6.45, 7) is 4.59. The van der Waals surface area contributed by atoms with Crippen molar-refractivity contribution in [3.63, 3.8) is 0 Å². The smallest absolute Gasteiger partial charge is 0.105 e. The van der Waals surface area contributed by atoms with Gasteiger partial charge >= 0.3 is 0 Å². The molecule has 0 bridgehead atoms. The molecule has 0 spiro atoms. The minimum atomic E-state index is -1.07. The Morgan fingerprint density at radius 2 is 2.17 bits per heavy atom. The lowest BCUT2D eigenvalue weighted by Gasteiger charge is -2.08. The lowest BCUT2D eigenvalue weighted by atomic mass is 10.2. The second-order valence-corrected chi connectivity index (χ2v) is 5.80. The van der Waals surface area contributed by atoms with Crippen molar-refractivity contribution in [1.82, 2.24) is 9.55 Å². The van der Waals surface area contributed by atoms with E-state index < -0.39 is 10.8 Å². The van der Waals surface area contributed by atoms with Crippen LogP contribution in [0.25, 0.3) is 0 Å². The van der Waals surface area contributed by atoms with Gasteiger partial charge in [-0.05, 0) is 31.5 Å². The molecule has 96 valence electrons. The molecular weight excluding hydrogens is 246 g/mol. The summed E-state index contributed by atoms with van der Waals surface area (Å²) in [5, 5.41) is 0. The van der Waals surface area contributed by atoms with Crippen LogP contribution in [0.3, 0.4) is 0 Å². The van der Waals surface area contributed by atoms with E-state index in [9.17, 15) is 4.21 Å². The van der Waals surface area contributed by atoms with Crippen LogP contribution >= 0.6 is 0 Å². The summed E-state index contributed by atoms with van der Waals surface area (Å²) in [6.07, 6.45) is 3.64. The van der Waals surface area contributed by atoms with Crippen molar-refractivity contribution in [3.05, 3.63) is 42.0 Å². The third-order valence-electron chi connectivity index (χ3n) is 2.86. The standard InChI is InChI=1S/C13H17N3OS/c1-10-3-4-12(14)13(9-10)18(17)8-7-16-6-5-15-11(16)2/h3-6,9H,7-8,14H2,1-2H3. The number of nitrogens with zero attached hydrogens (tertiary/aromatic N) is 2. The SMILES string of the molecule is Cc1ccc(N)c(S(=O)CCn2ccnc2C)c1. The van der Waals surface area contributed by atoms with Crippen LogP contribution in [-0.4, -0.2) is 19.5 Å². The molecule has 1 heterocycles. The minimum Gasteiger partial charge on any atom is -0.398 e. The van der Waals surface area contributed by atoms with E-state index >= 15 is 0 Å². The maximum atomic E-state index is 12.2. The van der Waals surface area contributed by atoms with Crippen molar-refractivity contribution in [2.24, 2.45) is 0 Å². The number of benzene rings is 1. The van der Waals surface area contributed by atoms with E-state index in [1.807, 2.05) is 42.8 Å². The molecular formula is C13H17N3OS. The van der Waals surface area contributed by atoms with Crippen molar-refractivity contribution < 1.29 is 4.21 Å². The highest BCUT2D eigenvalue weighted by molar-refractivity contribution is 7.85. The highest BCUT2D eigenvalue weighted by atomic mass is 32.2. The number of hydrogen-bond acceptors (Lipinski definition) is 3. The van der Waals surface area contributed by atoms with Crippen molar-refractivity contribution in [3.8, 4) is 0 Å². The van der Waals surface area contributed by atoms with Crippen molar-refractivity contribution in [1.29, 1.82) is 0 Å². The maximum Gasteiger partial charge on any atom is 0.105 e. The van der Waals surface area contributed by atoms with Gasteiger partial charge in [-0.15, -0.1) is 0 Å². The van der Waals surface area contributed by atoms with Crippen molar-refractivity contribution >= 4 is 16.5 Å². The van der Waals surface area contributed by atoms with Gasteiger partial charge in [-0.3, -0.25) is 4.21 Å². The first-order chi connectivity index (χ1) is 8.58. The number of rotatable bonds is 4. The topological polar surface area (TPSA) is 60.9 Å². The fourth-order valence-corrected chi connectivity index (χ4v) is 3.00. The summed E-state index contributed by atoms with van der Waals surface area (Å²) < 4.78 is 14.2. The van der Waals surface area contributed by atoms with Crippen LogP contribution in [0.2, 0.25) is 0 Å². The zero-order valence-corrected chi connectivity index (χ0v) is 11.4. The van der Waals surface area contributed by atoms with Gasteiger partial charge in [0.1, 0.15) is 5.82 Å². The molecule has 0 aliphatic heterocycles. The number of nitrogen functional groups attached to an aromatic ring is 1. The summed E-state index contributed by atoms with van der Waals surface area (Å²) >= 11 is 0. The Balaban J connectivity index is 2.08. The van der Waals surface area contributed by atoms with Crippen LogP contribution < -0.4 is 5.73 Å². The van der Waals surface area contributed by atoms with E-state index in [1.165, 1.54) is 0 Å². The first kappa shape index (κ1) is 12.8. The van der Waals surface area contributed by atoms with Gasteiger partial charge in [-0.2, -0.15) is 0 Å². The molecule has 1 aromatic heterocycles. The molecule has 1 aromatic carbocycles. The van der Waals surface area contributed by atoms with Crippen LogP contribution in [0.4, 0.5) is 5.69 Å². The second-order valence-electron chi connectivity index (χ2n) is 4.26. The molecule has 0 aliphatic carbocycles. The average Bonchev–Trinajstić information content (AvgIpc) is 2.75. The fourth-order valence-electron chi connectivity index (χ4n) is 1.77. The van der Waals surface area contributed by atoms with E-state index in [2.05, 4.69) is 4.98 Å². The molecule has 5 heteroatoms. The molecule has 1 unspecified atom stereocenters. The molecule has 0 saturated heterocycles. The summed E-state index contributed by atoms with van der Waals surface area (Å²) in [5.74, 6) is 1.48. The molecule has 18 heavy (non-hydrogen) atoms. The van der Waals surface area contributed by atoms with Crippen molar-refractivity contribution in [2.75, 3.05) is 11.5 Å². The van der Waals surface area contributed by atoms with Gasteiger partial charge in [0.05, 0.1) is 15.7 Å². The quantitative estimate of drug-likeness (QED) is 0.857. The monoisotopic (exact) mass is 263 g/mol. The maximum absolute atomic E-state index is 12.2. The second kappa shape index (κ2) is 5.35. The molecule has 0 saturated carbocycles. The van der Waals surface area contributed by atoms with E-state index in [4.69, 9.17) is 5.73 Å². The minimum absolute atomic E-state index is 0.546. The Morgan fingerprint density at radius 1 is 1.39 bits per heavy atom. The van der Waals surface area contributed by atoms with Gasteiger partial charge in [0.25, 0.3) is 0 Å².